The normalized spacial score (nSPS) is 13.4. The molecule has 3 aromatic rings. The molecule has 0 bridgehead atoms. The van der Waals surface area contributed by atoms with Crippen molar-refractivity contribution in [2.75, 3.05) is 7.11 Å². The van der Waals surface area contributed by atoms with Crippen molar-refractivity contribution in [2.24, 2.45) is 11.7 Å². The lowest BCUT2D eigenvalue weighted by Crippen LogP contribution is -2.27. The van der Waals surface area contributed by atoms with Gasteiger partial charge in [-0.1, -0.05) is 50.9 Å². The lowest BCUT2D eigenvalue weighted by atomic mass is 9.81. The Morgan fingerprint density at radius 1 is 1.15 bits per heavy atom. The Morgan fingerprint density at radius 3 is 2.33 bits per heavy atom. The maximum Gasteiger partial charge on any atom is 0.264 e. The Bertz CT molecular complexity index is 1240. The van der Waals surface area contributed by atoms with E-state index in [1.54, 1.807) is 25.1 Å². The van der Waals surface area contributed by atoms with Crippen LogP contribution < -0.4 is 10.5 Å². The Kier molecular flexibility index (Phi) is 7.39. The summed E-state index contributed by atoms with van der Waals surface area (Å²) in [6.07, 6.45) is 0.596. The van der Waals surface area contributed by atoms with E-state index in [1.807, 2.05) is 20.8 Å². The fourth-order valence-corrected chi connectivity index (χ4v) is 4.94. The quantitative estimate of drug-likeness (QED) is 0.407. The van der Waals surface area contributed by atoms with Gasteiger partial charge in [-0.3, -0.25) is 14.2 Å². The van der Waals surface area contributed by atoms with Crippen LogP contribution in [0.4, 0.5) is 4.39 Å². The molecule has 2 atom stereocenters. The predicted octanol–water partition coefficient (Wildman–Crippen LogP) is 6.52. The topological polar surface area (TPSA) is 74.3 Å². The first-order valence-corrected chi connectivity index (χ1v) is 11.5. The van der Waals surface area contributed by atoms with Gasteiger partial charge in [0, 0.05) is 28.1 Å². The molecule has 3 rings (SSSR count). The van der Waals surface area contributed by atoms with Gasteiger partial charge in [-0.05, 0) is 48.1 Å². The first-order chi connectivity index (χ1) is 15.5. The van der Waals surface area contributed by atoms with Gasteiger partial charge in [0.2, 0.25) is 5.91 Å². The average Bonchev–Trinajstić information content (AvgIpc) is 3.07. The fourth-order valence-electron chi connectivity index (χ4n) is 4.46. The average molecular weight is 493 g/mol. The number of methoxy groups -OCH3 is 1. The first kappa shape index (κ1) is 25.1. The molecule has 0 radical (unpaired) electrons. The van der Waals surface area contributed by atoms with Gasteiger partial charge >= 0.3 is 0 Å². The summed E-state index contributed by atoms with van der Waals surface area (Å²) in [7, 11) is 1.38. The molecule has 0 aliphatic heterocycles. The van der Waals surface area contributed by atoms with Gasteiger partial charge in [0.1, 0.15) is 0 Å². The number of nitrogens with zero attached hydrogens (tertiary/aromatic N) is 1. The van der Waals surface area contributed by atoms with Gasteiger partial charge in [-0.15, -0.1) is 0 Å². The summed E-state index contributed by atoms with van der Waals surface area (Å²) in [6.45, 7) is 7.61. The van der Waals surface area contributed by atoms with Crippen molar-refractivity contribution in [3.63, 3.8) is 0 Å². The van der Waals surface area contributed by atoms with Crippen LogP contribution in [0.1, 0.15) is 67.6 Å². The number of amides is 1. The first-order valence-electron chi connectivity index (χ1n) is 10.7. The number of carbonyl (C=O) groups excluding carboxylic acids is 2. The summed E-state index contributed by atoms with van der Waals surface area (Å²) >= 11 is 12.4. The number of primary amides is 1. The van der Waals surface area contributed by atoms with E-state index in [4.69, 9.17) is 33.7 Å². The predicted molar refractivity (Wildman–Crippen MR) is 130 cm³/mol. The minimum absolute atomic E-state index is 0.0507. The number of aromatic nitrogens is 1. The highest BCUT2D eigenvalue weighted by Gasteiger charge is 2.33. The smallest absolute Gasteiger partial charge is 0.264 e. The lowest BCUT2D eigenvalue weighted by Gasteiger charge is -2.24. The summed E-state index contributed by atoms with van der Waals surface area (Å²) < 4.78 is 21.6. The summed E-state index contributed by atoms with van der Waals surface area (Å²) in [5.74, 6) is -2.33. The number of benzene rings is 2. The standard InChI is InChI=1S/C25H27Cl2FN2O3/c1-6-15(13(4)24(29)31)22-17-10-21(33-5)19(28)11-20(17)30(23(22)12(2)3)25(32)16-8-7-14(26)9-18(16)27/h7-13,15H,6H2,1-5H3,(H2,29,31). The molecule has 2 N–H and O–H groups in total. The zero-order chi connectivity index (χ0) is 24.6. The van der Waals surface area contributed by atoms with Crippen molar-refractivity contribution >= 4 is 45.9 Å². The number of ether oxygens (including phenoxy) is 1. The van der Waals surface area contributed by atoms with Crippen LogP contribution in [0.25, 0.3) is 10.9 Å². The van der Waals surface area contributed by atoms with E-state index >= 15 is 0 Å². The number of carbonyl (C=O) groups is 2. The van der Waals surface area contributed by atoms with Crippen molar-refractivity contribution < 1.29 is 18.7 Å². The van der Waals surface area contributed by atoms with E-state index in [1.165, 1.54) is 23.8 Å². The summed E-state index contributed by atoms with van der Waals surface area (Å²) in [5.41, 5.74) is 7.73. The van der Waals surface area contributed by atoms with E-state index in [0.717, 1.165) is 5.56 Å². The minimum atomic E-state index is -0.600. The number of halogens is 3. The Hall–Kier alpha value is -2.57. The molecule has 0 aliphatic carbocycles. The van der Waals surface area contributed by atoms with E-state index in [0.29, 0.717) is 28.0 Å². The molecule has 8 heteroatoms. The van der Waals surface area contributed by atoms with Crippen LogP contribution in [0.5, 0.6) is 5.75 Å². The van der Waals surface area contributed by atoms with Gasteiger partial charge in [0.25, 0.3) is 5.91 Å². The number of hydrogen-bond donors (Lipinski definition) is 1. The molecule has 0 saturated heterocycles. The van der Waals surface area contributed by atoms with Crippen LogP contribution >= 0.6 is 23.2 Å². The lowest BCUT2D eigenvalue weighted by molar-refractivity contribution is -0.122. The van der Waals surface area contributed by atoms with Crippen molar-refractivity contribution in [3.05, 3.63) is 63.0 Å². The van der Waals surface area contributed by atoms with Crippen molar-refractivity contribution in [3.8, 4) is 5.75 Å². The van der Waals surface area contributed by atoms with Crippen LogP contribution in [0, 0.1) is 11.7 Å². The fraction of sp³-hybridized carbons (Fsp3) is 0.360. The maximum absolute atomic E-state index is 14.8. The molecular weight excluding hydrogens is 466 g/mol. The zero-order valence-electron chi connectivity index (χ0n) is 19.2. The van der Waals surface area contributed by atoms with Crippen molar-refractivity contribution in [1.82, 2.24) is 4.57 Å². The van der Waals surface area contributed by atoms with Crippen molar-refractivity contribution in [2.45, 2.75) is 46.0 Å². The van der Waals surface area contributed by atoms with Crippen LogP contribution in [-0.4, -0.2) is 23.5 Å². The van der Waals surface area contributed by atoms with Crippen LogP contribution in [0.2, 0.25) is 10.0 Å². The monoisotopic (exact) mass is 492 g/mol. The van der Waals surface area contributed by atoms with Gasteiger partial charge in [0.15, 0.2) is 11.6 Å². The zero-order valence-corrected chi connectivity index (χ0v) is 20.7. The maximum atomic E-state index is 14.8. The molecule has 0 aliphatic rings. The number of rotatable bonds is 7. The molecule has 33 heavy (non-hydrogen) atoms. The highest BCUT2D eigenvalue weighted by Crippen LogP contribution is 2.43. The Balaban J connectivity index is 2.47. The molecule has 2 aromatic carbocycles. The molecule has 1 aromatic heterocycles. The highest BCUT2D eigenvalue weighted by atomic mass is 35.5. The van der Waals surface area contributed by atoms with E-state index in [9.17, 15) is 14.0 Å². The molecule has 1 amide bonds. The highest BCUT2D eigenvalue weighted by molar-refractivity contribution is 6.37. The molecule has 2 unspecified atom stereocenters. The Labute approximate surface area is 202 Å². The number of hydrogen-bond acceptors (Lipinski definition) is 3. The van der Waals surface area contributed by atoms with E-state index < -0.39 is 23.5 Å². The minimum Gasteiger partial charge on any atom is -0.494 e. The molecule has 1 heterocycles. The third kappa shape index (κ3) is 4.46. The third-order valence-corrected chi connectivity index (χ3v) is 6.64. The molecule has 0 fully saturated rings. The summed E-state index contributed by atoms with van der Waals surface area (Å²) in [6, 6.07) is 7.48. The summed E-state index contributed by atoms with van der Waals surface area (Å²) in [5, 5.41) is 1.23. The summed E-state index contributed by atoms with van der Waals surface area (Å²) in [4.78, 5) is 25.9. The van der Waals surface area contributed by atoms with Gasteiger partial charge in [-0.2, -0.15) is 0 Å². The second-order valence-corrected chi connectivity index (χ2v) is 9.27. The second kappa shape index (κ2) is 9.74. The van der Waals surface area contributed by atoms with Gasteiger partial charge in [0.05, 0.1) is 23.2 Å². The van der Waals surface area contributed by atoms with E-state index in [-0.39, 0.29) is 28.2 Å². The largest absolute Gasteiger partial charge is 0.494 e. The van der Waals surface area contributed by atoms with Crippen LogP contribution in [0.15, 0.2) is 30.3 Å². The SMILES string of the molecule is CCC(c1c(C(C)C)n(C(=O)c2ccc(Cl)cc2Cl)c2cc(F)c(OC)cc12)C(C)C(N)=O. The molecule has 0 saturated carbocycles. The third-order valence-electron chi connectivity index (χ3n) is 6.09. The van der Waals surface area contributed by atoms with E-state index in [2.05, 4.69) is 0 Å². The molecule has 176 valence electrons. The van der Waals surface area contributed by atoms with Crippen molar-refractivity contribution in [1.29, 1.82) is 0 Å². The van der Waals surface area contributed by atoms with Gasteiger partial charge < -0.3 is 10.5 Å². The molecule has 0 spiro atoms. The molecular formula is C25H27Cl2FN2O3. The van der Waals surface area contributed by atoms with Gasteiger partial charge in [-0.25, -0.2) is 4.39 Å². The van der Waals surface area contributed by atoms with Crippen LogP contribution in [-0.2, 0) is 4.79 Å². The Morgan fingerprint density at radius 2 is 1.82 bits per heavy atom. The second-order valence-electron chi connectivity index (χ2n) is 8.43. The number of fused-ring (bicyclic) bond motifs is 1. The number of nitrogens with two attached hydrogens (primary N) is 1. The molecule has 5 nitrogen and oxygen atoms in total. The van der Waals surface area contributed by atoms with Crippen LogP contribution in [0.3, 0.4) is 0 Å².